The van der Waals surface area contributed by atoms with E-state index in [0.29, 0.717) is 5.56 Å². The van der Waals surface area contributed by atoms with E-state index in [2.05, 4.69) is 22.4 Å². The molecule has 0 saturated carbocycles. The molecule has 0 atom stereocenters. The van der Waals surface area contributed by atoms with Crippen LogP contribution in [0.1, 0.15) is 35.5 Å². The Labute approximate surface area is 162 Å². The third-order valence-electron chi connectivity index (χ3n) is 4.14. The van der Waals surface area contributed by atoms with E-state index in [1.54, 1.807) is 18.0 Å². The summed E-state index contributed by atoms with van der Waals surface area (Å²) in [5.74, 6) is -0.0888. The lowest BCUT2D eigenvalue weighted by Gasteiger charge is -2.10. The Balaban J connectivity index is 1.86. The molecule has 0 radical (unpaired) electrons. The third kappa shape index (κ3) is 3.64. The van der Waals surface area contributed by atoms with E-state index < -0.39 is 0 Å². The standard InChI is InChI=1S/C22H19N3OS/c1-14(2)24-22(26)15-10-11-20-18(13-15)25-21(17-8-5-6-12-23-17)16-7-3-4-9-19(16)27-20/h3-14H,1-2H3,(H,24,26). The highest BCUT2D eigenvalue weighted by Gasteiger charge is 2.20. The number of nitrogens with one attached hydrogen (secondary N) is 1. The highest BCUT2D eigenvalue weighted by atomic mass is 32.2. The van der Waals surface area contributed by atoms with E-state index in [1.165, 1.54) is 0 Å². The van der Waals surface area contributed by atoms with Crippen molar-refractivity contribution in [3.05, 3.63) is 83.7 Å². The molecule has 134 valence electrons. The largest absolute Gasteiger partial charge is 0.350 e. The van der Waals surface area contributed by atoms with Gasteiger partial charge in [0.15, 0.2) is 0 Å². The predicted molar refractivity (Wildman–Crippen MR) is 109 cm³/mol. The van der Waals surface area contributed by atoms with Crippen molar-refractivity contribution in [2.45, 2.75) is 29.7 Å². The lowest BCUT2D eigenvalue weighted by Crippen LogP contribution is -2.29. The maximum atomic E-state index is 12.4. The first-order valence-electron chi connectivity index (χ1n) is 8.84. The van der Waals surface area contributed by atoms with Crippen molar-refractivity contribution in [1.82, 2.24) is 10.3 Å². The summed E-state index contributed by atoms with van der Waals surface area (Å²) in [5, 5.41) is 2.93. The predicted octanol–water partition coefficient (Wildman–Crippen LogP) is 4.85. The van der Waals surface area contributed by atoms with Gasteiger partial charge in [0.25, 0.3) is 5.91 Å². The van der Waals surface area contributed by atoms with Gasteiger partial charge in [0.05, 0.1) is 17.1 Å². The Kier molecular flexibility index (Phi) is 4.77. The van der Waals surface area contributed by atoms with Gasteiger partial charge in [0, 0.05) is 33.2 Å². The molecule has 0 bridgehead atoms. The van der Waals surface area contributed by atoms with Gasteiger partial charge >= 0.3 is 0 Å². The van der Waals surface area contributed by atoms with Gasteiger partial charge in [-0.25, -0.2) is 4.99 Å². The van der Waals surface area contributed by atoms with Crippen LogP contribution in [0.3, 0.4) is 0 Å². The maximum absolute atomic E-state index is 12.4. The van der Waals surface area contributed by atoms with Gasteiger partial charge < -0.3 is 5.32 Å². The van der Waals surface area contributed by atoms with Gasteiger partial charge in [0.1, 0.15) is 0 Å². The molecule has 0 spiro atoms. The second kappa shape index (κ2) is 7.37. The number of aromatic nitrogens is 1. The molecule has 0 unspecified atom stereocenters. The Hall–Kier alpha value is -2.92. The van der Waals surface area contributed by atoms with Crippen molar-refractivity contribution in [2.24, 2.45) is 4.99 Å². The molecule has 0 fully saturated rings. The van der Waals surface area contributed by atoms with Crippen molar-refractivity contribution in [1.29, 1.82) is 0 Å². The summed E-state index contributed by atoms with van der Waals surface area (Å²) in [6.45, 7) is 3.90. The summed E-state index contributed by atoms with van der Waals surface area (Å²) in [7, 11) is 0. The van der Waals surface area contributed by atoms with Gasteiger partial charge in [-0.2, -0.15) is 0 Å². The van der Waals surface area contributed by atoms with Gasteiger partial charge in [0.2, 0.25) is 0 Å². The van der Waals surface area contributed by atoms with Crippen LogP contribution >= 0.6 is 11.8 Å². The van der Waals surface area contributed by atoms with E-state index >= 15 is 0 Å². The number of hydrogen-bond acceptors (Lipinski definition) is 4. The minimum atomic E-state index is -0.0888. The number of carbonyl (C=O) groups excluding carboxylic acids is 1. The molecular formula is C22H19N3OS. The van der Waals surface area contributed by atoms with E-state index in [-0.39, 0.29) is 11.9 Å². The fourth-order valence-corrected chi connectivity index (χ4v) is 3.93. The van der Waals surface area contributed by atoms with Crippen LogP contribution in [0.25, 0.3) is 0 Å². The zero-order valence-corrected chi connectivity index (χ0v) is 16.0. The number of pyridine rings is 1. The van der Waals surface area contributed by atoms with Crippen LogP contribution in [0.2, 0.25) is 0 Å². The first-order chi connectivity index (χ1) is 13.1. The molecule has 4 rings (SSSR count). The van der Waals surface area contributed by atoms with Crippen LogP contribution in [-0.2, 0) is 0 Å². The lowest BCUT2D eigenvalue weighted by molar-refractivity contribution is 0.0943. The number of nitrogens with zero attached hydrogens (tertiary/aromatic N) is 2. The summed E-state index contributed by atoms with van der Waals surface area (Å²) in [5.41, 5.74) is 4.08. The summed E-state index contributed by atoms with van der Waals surface area (Å²) in [6, 6.07) is 19.8. The van der Waals surface area contributed by atoms with Crippen molar-refractivity contribution in [3.8, 4) is 0 Å². The van der Waals surface area contributed by atoms with Gasteiger partial charge in [-0.3, -0.25) is 9.78 Å². The summed E-state index contributed by atoms with van der Waals surface area (Å²) in [4.78, 5) is 24.0. The van der Waals surface area contributed by atoms with Crippen molar-refractivity contribution in [3.63, 3.8) is 0 Å². The minimum Gasteiger partial charge on any atom is -0.350 e. The van der Waals surface area contributed by atoms with Crippen LogP contribution < -0.4 is 5.32 Å². The molecule has 1 aliphatic heterocycles. The molecule has 2 aromatic carbocycles. The number of hydrogen-bond donors (Lipinski definition) is 1. The Morgan fingerprint density at radius 3 is 2.59 bits per heavy atom. The van der Waals surface area contributed by atoms with Crippen LogP contribution in [0.4, 0.5) is 5.69 Å². The van der Waals surface area contributed by atoms with Crippen LogP contribution in [0.15, 0.2) is 81.6 Å². The summed E-state index contributed by atoms with van der Waals surface area (Å²) in [6.07, 6.45) is 1.77. The lowest BCUT2D eigenvalue weighted by atomic mass is 10.1. The average Bonchev–Trinajstić information content (AvgIpc) is 2.84. The van der Waals surface area contributed by atoms with Crippen LogP contribution in [-0.4, -0.2) is 22.6 Å². The topological polar surface area (TPSA) is 54.4 Å². The van der Waals surface area contributed by atoms with Gasteiger partial charge in [-0.05, 0) is 50.2 Å². The van der Waals surface area contributed by atoms with Crippen LogP contribution in [0, 0.1) is 0 Å². The quantitative estimate of drug-likeness (QED) is 0.558. The first-order valence-corrected chi connectivity index (χ1v) is 9.66. The van der Waals surface area contributed by atoms with Crippen molar-refractivity contribution in [2.75, 3.05) is 0 Å². The molecule has 3 aromatic rings. The number of carbonyl (C=O) groups is 1. The smallest absolute Gasteiger partial charge is 0.251 e. The highest BCUT2D eigenvalue weighted by molar-refractivity contribution is 7.99. The van der Waals surface area contributed by atoms with Crippen molar-refractivity contribution >= 4 is 29.1 Å². The minimum absolute atomic E-state index is 0.0857. The molecule has 0 saturated heterocycles. The number of fused-ring (bicyclic) bond motifs is 2. The van der Waals surface area contributed by atoms with Gasteiger partial charge in [-0.1, -0.05) is 36.0 Å². The van der Waals surface area contributed by atoms with E-state index in [4.69, 9.17) is 4.99 Å². The van der Waals surface area contributed by atoms with E-state index in [0.717, 1.165) is 32.4 Å². The third-order valence-corrected chi connectivity index (χ3v) is 5.28. The molecule has 1 amide bonds. The average molecular weight is 373 g/mol. The molecule has 4 nitrogen and oxygen atoms in total. The number of rotatable bonds is 3. The monoisotopic (exact) mass is 373 g/mol. The molecule has 1 aliphatic rings. The van der Waals surface area contributed by atoms with E-state index in [9.17, 15) is 4.79 Å². The van der Waals surface area contributed by atoms with Gasteiger partial charge in [-0.15, -0.1) is 0 Å². The van der Waals surface area contributed by atoms with E-state index in [1.807, 2.05) is 62.4 Å². The van der Waals surface area contributed by atoms with Crippen LogP contribution in [0.5, 0.6) is 0 Å². The second-order valence-electron chi connectivity index (χ2n) is 6.58. The summed E-state index contributed by atoms with van der Waals surface area (Å²) >= 11 is 1.66. The highest BCUT2D eigenvalue weighted by Crippen LogP contribution is 2.41. The zero-order valence-electron chi connectivity index (χ0n) is 15.1. The molecule has 1 aromatic heterocycles. The fourth-order valence-electron chi connectivity index (χ4n) is 2.93. The Morgan fingerprint density at radius 2 is 1.81 bits per heavy atom. The molecule has 5 heteroatoms. The maximum Gasteiger partial charge on any atom is 0.251 e. The molecule has 0 aliphatic carbocycles. The first kappa shape index (κ1) is 17.5. The summed E-state index contributed by atoms with van der Waals surface area (Å²) < 4.78 is 0. The molecule has 27 heavy (non-hydrogen) atoms. The SMILES string of the molecule is CC(C)NC(=O)c1ccc2c(c1)N=C(c1ccccn1)c1ccccc1S2. The fraction of sp³-hybridized carbons (Fsp3) is 0.136. The molecule has 1 N–H and O–H groups in total. The molecule has 2 heterocycles. The number of amides is 1. The Morgan fingerprint density at radius 1 is 1.00 bits per heavy atom. The normalized spacial score (nSPS) is 12.6. The van der Waals surface area contributed by atoms with Crippen molar-refractivity contribution < 1.29 is 4.79 Å². The number of aliphatic imine (C=N–C) groups is 1. The zero-order chi connectivity index (χ0) is 18.8. The number of benzene rings is 2. The molecular weight excluding hydrogens is 354 g/mol. The second-order valence-corrected chi connectivity index (χ2v) is 7.67. The Bertz CT molecular complexity index is 1030.